The summed E-state index contributed by atoms with van der Waals surface area (Å²) >= 11 is 0. The van der Waals surface area contributed by atoms with E-state index in [0.29, 0.717) is 47.3 Å². The first-order valence-corrected chi connectivity index (χ1v) is 12.3. The second kappa shape index (κ2) is 10.6. The van der Waals surface area contributed by atoms with E-state index in [1.165, 1.54) is 6.07 Å². The maximum Gasteiger partial charge on any atom is 0.256 e. The number of nitrogens with one attached hydrogen (secondary N) is 3. The molecule has 0 bridgehead atoms. The number of amides is 2. The van der Waals surface area contributed by atoms with Crippen LogP contribution in [-0.4, -0.2) is 47.4 Å². The standard InChI is InChI=1S/C27H37FN4O2.151H2/c1-8-18-23(13-20-19-12-21(28)16(6)17(7)25(19)31-26(20)33)30-22(9-2)24(18)27(34)29-14-15(5)32(10-3)11-4;;;;;;;;;;;;;;;;;;;;;;;;;;;;;;;;;;;;;;;;;;;;;;;;;;;;;;;;;;;;;;;;;;;;;;;;;;;;;;;;;;;;;;;;;;;;;;;;;;;;;;;;;;;;;;;;;;;;;;;;;;;;;;;;;;;;;;;;;;;;;;;;;;;;;;;/h12-13,15,30H,8-11,14H2,1-7H3,(H,29,34)(H,31,33);151*1H/b20-13-;;;;;;;;;;;;;;;;;;;;;;;;;;;;;;;;;;;;;;;;;;;;;;;;;;;;;;;;;;;;;;;;;;;;;;;;;;;;;;;;;;;;;;;;;;;;;;;;;;;;;;;;;;;;;;;;;;;;;;;;;;;;;;;;;;;;;;;;;;;;;;;;;;;;;;;. The summed E-state index contributed by atoms with van der Waals surface area (Å²) in [5, 5.41) is 5.98. The summed E-state index contributed by atoms with van der Waals surface area (Å²) in [6, 6.07) is 1.65. The molecule has 1 aliphatic rings. The van der Waals surface area contributed by atoms with Crippen molar-refractivity contribution >= 4 is 29.2 Å². The molecule has 2 heterocycles. The number of carbonyl (C=O) groups is 2. The van der Waals surface area contributed by atoms with Gasteiger partial charge in [0.05, 0.1) is 16.8 Å². The molecule has 1 aliphatic heterocycles. The van der Waals surface area contributed by atoms with Gasteiger partial charge in [0.1, 0.15) is 5.82 Å². The van der Waals surface area contributed by atoms with Crippen LogP contribution in [0.4, 0.5) is 10.1 Å². The van der Waals surface area contributed by atoms with E-state index in [0.717, 1.165) is 35.6 Å². The monoisotopic (exact) mass is 773 g/mol. The topological polar surface area (TPSA) is 77.2 Å². The number of hydrogen-bond donors (Lipinski definition) is 3. The largest absolute Gasteiger partial charge is 0.358 e. The SMILES string of the molecule is CCc1[nH]c(/C=C2\C(=O)Nc3c2cc(F)c(C)c3C)c(CC)c1C(=O)NCC(C)N(CC)CC.[HH].[HH].[HH].[HH].[HH].[HH].[HH].[HH].[HH].[HH].[HH].[HH].[HH].[HH].[HH].[HH].[HH].[HH].[HH].[HH].[HH].[HH].[HH].[HH].[HH].[HH].[HH].[HH].[HH].[HH].[HH].[HH].[HH].[HH].[HH].[HH].[HH].[HH].[HH].[HH].[HH].[HH].[HH].[HH].[HH].[HH].[HH].[HH].[HH].[HH].[HH].[HH].[HH].[HH].[HH].[HH].[HH].[HH].[HH].[HH].[HH].[HH].[HH].[HH].[HH].[HH].[HH].[HH].[HH].[HH].[HH].[HH].[HH].[HH].[HH].[HH].[HH].[HH].[HH].[HH].[HH].[HH].[HH].[HH].[HH].[HH].[HH].[HH].[HH].[HH].[HH].[HH].[HH].[HH].[HH].[HH].[HH].[HH].[HH].[HH].[HH].[HH].[HH].[HH].[HH].[HH].[HH].[HH].[HH].[HH].[HH].[HH].[HH].[HH].[HH].[HH].[HH].[HH].[HH].[HH].[HH].[HH].[HH].[HH].[HH].[HH].[HH].[HH].[HH].[HH].[HH].[HH].[HH].[HH].[HH].[HH].[HH].[HH].[HH].[HH].[HH].[HH].[HH].[HH].[HH].[HH].[HH].[HH].[HH].[HH].[HH]. The van der Waals surface area contributed by atoms with Crippen LogP contribution in [0.15, 0.2) is 6.07 Å². The number of anilines is 1. The molecular weight excluding hydrogens is 431 g/mol. The van der Waals surface area contributed by atoms with Crippen molar-refractivity contribution in [2.24, 2.45) is 0 Å². The second-order valence-corrected chi connectivity index (χ2v) is 8.90. The third-order valence-corrected chi connectivity index (χ3v) is 7.04. The highest BCUT2D eigenvalue weighted by Gasteiger charge is 2.29. The molecule has 3 N–H and O–H groups in total. The van der Waals surface area contributed by atoms with Crippen molar-refractivity contribution in [3.05, 3.63) is 51.1 Å². The second-order valence-electron chi connectivity index (χ2n) is 8.90. The van der Waals surface area contributed by atoms with Crippen LogP contribution < -0.4 is 10.6 Å². The van der Waals surface area contributed by atoms with Crippen LogP contribution in [0.25, 0.3) is 11.6 Å². The molecule has 0 radical (unpaired) electrons. The van der Waals surface area contributed by atoms with Gasteiger partial charge in [0.2, 0.25) is 0 Å². The van der Waals surface area contributed by atoms with E-state index in [1.54, 1.807) is 13.0 Å². The fourth-order valence-electron chi connectivity index (χ4n) is 4.79. The van der Waals surface area contributed by atoms with Crippen LogP contribution >= 0.6 is 0 Å². The molecule has 3 rings (SSSR count). The number of hydrogen-bond acceptors (Lipinski definition) is 3. The molecule has 34 heavy (non-hydrogen) atoms. The van der Waals surface area contributed by atoms with E-state index in [-0.39, 0.29) is 239 Å². The summed E-state index contributed by atoms with van der Waals surface area (Å²) in [5.74, 6) is -0.711. The van der Waals surface area contributed by atoms with E-state index in [1.807, 2.05) is 20.8 Å². The Morgan fingerprint density at radius 1 is 1.18 bits per heavy atom. The predicted molar refractivity (Wildman–Crippen MR) is 456 cm³/mol. The summed E-state index contributed by atoms with van der Waals surface area (Å²) in [4.78, 5) is 31.7. The Hall–Kier alpha value is -2.93. The molecule has 6 nitrogen and oxygen atoms in total. The van der Waals surface area contributed by atoms with Gasteiger partial charge in [0, 0.05) is 245 Å². The molecule has 1 aromatic heterocycles. The molecule has 1 atom stereocenters. The number of likely N-dealkylation sites (N-methyl/N-ethyl adjacent to an activating group) is 1. The molecule has 0 spiro atoms. The summed E-state index contributed by atoms with van der Waals surface area (Å²) in [7, 11) is 0. The molecule has 0 aliphatic carbocycles. The molecule has 2 aromatic rings. The summed E-state index contributed by atoms with van der Waals surface area (Å²) in [5.41, 5.74) is 5.93. The average molecular weight is 773 g/mol. The molecule has 1 unspecified atom stereocenters. The number of nitrogens with zero attached hydrogens (tertiary/aromatic N) is 1. The molecule has 0 saturated heterocycles. The highest BCUT2D eigenvalue weighted by atomic mass is 19.1. The van der Waals surface area contributed by atoms with Gasteiger partial charge in [-0.3, -0.25) is 14.5 Å². The van der Waals surface area contributed by atoms with Gasteiger partial charge in [-0.1, -0.05) is 27.7 Å². The Morgan fingerprint density at radius 2 is 1.85 bits per heavy atom. The Bertz CT molecular complexity index is 1260. The van der Waals surface area contributed by atoms with Gasteiger partial charge >= 0.3 is 0 Å². The van der Waals surface area contributed by atoms with Crippen LogP contribution in [0.1, 0.15) is 294 Å². The number of H-pyrrole nitrogens is 1. The van der Waals surface area contributed by atoms with Gasteiger partial charge in [-0.2, -0.15) is 0 Å². The summed E-state index contributed by atoms with van der Waals surface area (Å²) in [6.45, 7) is 16.3. The first kappa shape index (κ1) is 25.7. The molecule has 7 heteroatoms. The highest BCUT2D eigenvalue weighted by Crippen LogP contribution is 2.38. The minimum atomic E-state index is -0.336. The maximum absolute atomic E-state index is 14.5. The molecule has 2 amide bonds. The van der Waals surface area contributed by atoms with Crippen LogP contribution in [0, 0.1) is 19.7 Å². The first-order chi connectivity index (χ1) is 16.2. The highest BCUT2D eigenvalue weighted by molar-refractivity contribution is 6.35. The van der Waals surface area contributed by atoms with Gasteiger partial charge in [0.15, 0.2) is 0 Å². The zero-order valence-corrected chi connectivity index (χ0v) is 21.4. The van der Waals surface area contributed by atoms with Crippen molar-refractivity contribution in [2.75, 3.05) is 25.0 Å². The zero-order chi connectivity index (χ0) is 25.2. The van der Waals surface area contributed by atoms with E-state index in [2.05, 4.69) is 41.3 Å². The number of benzene rings is 1. The van der Waals surface area contributed by atoms with Crippen molar-refractivity contribution in [1.29, 1.82) is 0 Å². The minimum Gasteiger partial charge on any atom is -0.358 e. The number of carbonyl (C=O) groups excluding carboxylic acids is 2. The fourth-order valence-corrected chi connectivity index (χ4v) is 4.79. The van der Waals surface area contributed by atoms with Crippen molar-refractivity contribution < 1.29 is 229 Å². The van der Waals surface area contributed by atoms with E-state index in [9.17, 15) is 14.0 Å². The normalized spacial score (nSPS) is 15.1. The van der Waals surface area contributed by atoms with E-state index >= 15 is 0 Å². The van der Waals surface area contributed by atoms with Crippen LogP contribution in [0.5, 0.6) is 0 Å². The van der Waals surface area contributed by atoms with Gasteiger partial charge in [-0.25, -0.2) is 4.39 Å². The number of rotatable bonds is 9. The van der Waals surface area contributed by atoms with Crippen LogP contribution in [-0.2, 0) is 17.6 Å². The third-order valence-electron chi connectivity index (χ3n) is 7.04. The van der Waals surface area contributed by atoms with E-state index < -0.39 is 0 Å². The van der Waals surface area contributed by atoms with Gasteiger partial charge in [-0.15, -0.1) is 0 Å². The molecule has 0 fully saturated rings. The molecule has 486 valence electrons. The number of aromatic amines is 1. The molecule has 1 aromatic carbocycles. The quantitative estimate of drug-likeness (QED) is 0.222. The van der Waals surface area contributed by atoms with Crippen molar-refractivity contribution in [3.8, 4) is 0 Å². The third kappa shape index (κ3) is 4.67. The molecular formula is C27H339FN4O2. The maximum atomic E-state index is 14.5. The minimum absolute atomic E-state index is 0. The number of halogens is 1. The van der Waals surface area contributed by atoms with Crippen molar-refractivity contribution in [3.63, 3.8) is 0 Å². The van der Waals surface area contributed by atoms with E-state index in [4.69, 9.17) is 0 Å². The van der Waals surface area contributed by atoms with Gasteiger partial charge in [-0.05, 0) is 75.5 Å². The lowest BCUT2D eigenvalue weighted by atomic mass is 9.98. The lowest BCUT2D eigenvalue weighted by molar-refractivity contribution is -0.110. The smallest absolute Gasteiger partial charge is 0.256 e. The lowest BCUT2D eigenvalue weighted by Gasteiger charge is -2.26. The van der Waals surface area contributed by atoms with Crippen LogP contribution in [0.3, 0.4) is 0 Å². The van der Waals surface area contributed by atoms with Gasteiger partial charge < -0.3 is 15.6 Å². The number of aryl methyl sites for hydroxylation is 1. The van der Waals surface area contributed by atoms with Gasteiger partial charge in [0.25, 0.3) is 11.8 Å². The zero-order valence-electron chi connectivity index (χ0n) is 21.4. The average Bonchev–Trinajstić information content (AvgIpc) is 3.34. The number of fused-ring (bicyclic) bond motifs is 1. The predicted octanol–water partition coefficient (Wildman–Crippen LogP) is 42.0. The summed E-state index contributed by atoms with van der Waals surface area (Å²) in [6.07, 6.45) is 3.03. The Kier molecular flexibility index (Phi) is 7.97. The fraction of sp³-hybridized carbons (Fsp3) is 0.481. The Morgan fingerprint density at radius 3 is 2.44 bits per heavy atom. The lowest BCUT2D eigenvalue weighted by Crippen LogP contribution is -2.42. The number of aromatic nitrogens is 1. The molecule has 0 saturated carbocycles. The first-order valence-electron chi connectivity index (χ1n) is 12.3. The van der Waals surface area contributed by atoms with Crippen LogP contribution in [0.2, 0.25) is 0 Å². The summed E-state index contributed by atoms with van der Waals surface area (Å²) < 4.78 is 14.5. The Labute approximate surface area is 426 Å². The Balaban J connectivity index is -0.000000000584. The van der Waals surface area contributed by atoms with Crippen molar-refractivity contribution in [1.82, 2.24) is 15.2 Å². The van der Waals surface area contributed by atoms with Crippen molar-refractivity contribution in [2.45, 2.75) is 67.3 Å².